The van der Waals surface area contributed by atoms with E-state index >= 15 is 0 Å². The molecular weight excluding hydrogens is 258 g/mol. The van der Waals surface area contributed by atoms with E-state index in [0.717, 1.165) is 25.8 Å². The average molecular weight is 291 g/mol. The van der Waals surface area contributed by atoms with E-state index in [4.69, 9.17) is 0 Å². The van der Waals surface area contributed by atoms with Gasteiger partial charge in [-0.1, -0.05) is 20.8 Å². The monoisotopic (exact) mass is 291 g/mol. The molecule has 21 heavy (non-hydrogen) atoms. The van der Waals surface area contributed by atoms with Crippen molar-refractivity contribution in [1.29, 1.82) is 5.26 Å². The maximum Gasteiger partial charge on any atom is 0.108 e. The smallest absolute Gasteiger partial charge is 0.108 e. The van der Waals surface area contributed by atoms with Crippen LogP contribution in [0.15, 0.2) is 0 Å². The van der Waals surface area contributed by atoms with Crippen molar-refractivity contribution < 1.29 is 0 Å². The van der Waals surface area contributed by atoms with Crippen molar-refractivity contribution in [2.75, 3.05) is 19.6 Å². The number of rotatable bonds is 4. The predicted octanol–water partition coefficient (Wildman–Crippen LogP) is 3.70. The quantitative estimate of drug-likeness (QED) is 0.858. The average Bonchev–Trinajstić information content (AvgIpc) is 2.66. The summed E-state index contributed by atoms with van der Waals surface area (Å²) < 4.78 is 0. The lowest BCUT2D eigenvalue weighted by Gasteiger charge is -2.41. The highest BCUT2D eigenvalue weighted by molar-refractivity contribution is 5.11. The Hall–Kier alpha value is -0.590. The zero-order valence-corrected chi connectivity index (χ0v) is 14.2. The molecule has 0 aromatic heterocycles. The molecule has 0 amide bonds. The minimum Gasteiger partial charge on any atom is -0.300 e. The molecule has 0 aromatic rings. The molecule has 1 saturated carbocycles. The molecule has 120 valence electrons. The van der Waals surface area contributed by atoms with Gasteiger partial charge in [0.1, 0.15) is 5.54 Å². The lowest BCUT2D eigenvalue weighted by atomic mass is 9.79. The normalized spacial score (nSPS) is 34.1. The third kappa shape index (κ3) is 4.44. The lowest BCUT2D eigenvalue weighted by Crippen LogP contribution is -2.53. The van der Waals surface area contributed by atoms with E-state index < -0.39 is 0 Å². The Balaban J connectivity index is 1.98. The summed E-state index contributed by atoms with van der Waals surface area (Å²) in [5, 5.41) is 13.2. The summed E-state index contributed by atoms with van der Waals surface area (Å²) >= 11 is 0. The second-order valence-corrected chi connectivity index (χ2v) is 7.92. The summed E-state index contributed by atoms with van der Waals surface area (Å²) in [6.07, 6.45) is 9.56. The summed E-state index contributed by atoms with van der Waals surface area (Å²) in [7, 11) is 0. The highest BCUT2D eigenvalue weighted by atomic mass is 15.2. The molecule has 2 fully saturated rings. The fourth-order valence-electron chi connectivity index (χ4n) is 4.03. The first kappa shape index (κ1) is 16.8. The molecule has 1 heterocycles. The Bertz CT molecular complexity index is 371. The predicted molar refractivity (Wildman–Crippen MR) is 88.1 cm³/mol. The van der Waals surface area contributed by atoms with Gasteiger partial charge < -0.3 is 4.90 Å². The van der Waals surface area contributed by atoms with Crippen molar-refractivity contribution in [3.05, 3.63) is 0 Å². The molecule has 1 aliphatic carbocycles. The number of hydrogen-bond donors (Lipinski definition) is 1. The number of nitriles is 1. The van der Waals surface area contributed by atoms with Crippen molar-refractivity contribution in [3.63, 3.8) is 0 Å². The molecule has 0 aromatic carbocycles. The first-order valence-corrected chi connectivity index (χ1v) is 8.91. The minimum atomic E-state index is -0.263. The molecule has 1 N–H and O–H groups in total. The number of nitrogens with zero attached hydrogens (tertiary/aromatic N) is 2. The summed E-state index contributed by atoms with van der Waals surface area (Å²) in [4.78, 5) is 2.69. The van der Waals surface area contributed by atoms with Crippen LogP contribution >= 0.6 is 0 Å². The summed E-state index contributed by atoms with van der Waals surface area (Å²) in [5.74, 6) is 0. The minimum absolute atomic E-state index is 0.263. The van der Waals surface area contributed by atoms with Crippen molar-refractivity contribution in [3.8, 4) is 6.07 Å². The number of nitrogens with one attached hydrogen (secondary N) is 1. The van der Waals surface area contributed by atoms with Crippen molar-refractivity contribution in [2.24, 2.45) is 5.41 Å². The van der Waals surface area contributed by atoms with E-state index in [0.29, 0.717) is 11.5 Å². The van der Waals surface area contributed by atoms with Crippen molar-refractivity contribution >= 4 is 0 Å². The maximum atomic E-state index is 9.69. The maximum absolute atomic E-state index is 9.69. The van der Waals surface area contributed by atoms with Gasteiger partial charge in [0.15, 0.2) is 0 Å². The topological polar surface area (TPSA) is 39.1 Å². The van der Waals surface area contributed by atoms with Gasteiger partial charge in [-0.25, -0.2) is 0 Å². The third-order valence-electron chi connectivity index (χ3n) is 5.54. The number of hydrogen-bond acceptors (Lipinski definition) is 3. The second kappa shape index (κ2) is 7.11. The molecule has 2 atom stereocenters. The van der Waals surface area contributed by atoms with Gasteiger partial charge in [0, 0.05) is 6.04 Å². The van der Waals surface area contributed by atoms with Crippen LogP contribution in [0.1, 0.15) is 72.1 Å². The van der Waals surface area contributed by atoms with Crippen molar-refractivity contribution in [2.45, 2.75) is 83.7 Å². The first-order chi connectivity index (χ1) is 10.0. The van der Waals surface area contributed by atoms with Crippen LogP contribution < -0.4 is 5.32 Å². The van der Waals surface area contributed by atoms with Gasteiger partial charge in [0.25, 0.3) is 0 Å². The van der Waals surface area contributed by atoms with Crippen LogP contribution in [0.5, 0.6) is 0 Å². The largest absolute Gasteiger partial charge is 0.300 e. The van der Waals surface area contributed by atoms with Crippen molar-refractivity contribution in [1.82, 2.24) is 10.2 Å². The number of likely N-dealkylation sites (tertiary alicyclic amines) is 1. The molecule has 1 aliphatic heterocycles. The Labute approximate surface area is 131 Å². The van der Waals surface area contributed by atoms with E-state index in [-0.39, 0.29) is 5.54 Å². The van der Waals surface area contributed by atoms with Crippen LogP contribution in [0.3, 0.4) is 0 Å². The molecule has 1 saturated heterocycles. The Morgan fingerprint density at radius 2 is 2.00 bits per heavy atom. The van der Waals surface area contributed by atoms with Gasteiger partial charge in [-0.3, -0.25) is 5.32 Å². The zero-order valence-electron chi connectivity index (χ0n) is 14.2. The first-order valence-electron chi connectivity index (χ1n) is 8.91. The standard InChI is InChI=1S/C18H33N3/c1-4-11-20-18(15-19)9-5-7-16(14-18)21-12-6-8-17(2,3)10-13-21/h16,20H,4-14H2,1-3H3. The van der Waals surface area contributed by atoms with E-state index in [1.54, 1.807) is 0 Å². The zero-order chi connectivity index (χ0) is 15.3. The van der Waals surface area contributed by atoms with Gasteiger partial charge in [0.05, 0.1) is 6.07 Å². The highest BCUT2D eigenvalue weighted by Gasteiger charge is 2.38. The third-order valence-corrected chi connectivity index (χ3v) is 5.54. The fraction of sp³-hybridized carbons (Fsp3) is 0.944. The molecule has 2 unspecified atom stereocenters. The van der Waals surface area contributed by atoms with Gasteiger partial charge in [-0.05, 0) is 76.4 Å². The van der Waals surface area contributed by atoms with E-state index in [1.165, 1.54) is 45.2 Å². The summed E-state index contributed by atoms with van der Waals surface area (Å²) in [6, 6.07) is 3.22. The van der Waals surface area contributed by atoms with Gasteiger partial charge in [-0.15, -0.1) is 0 Å². The molecule has 2 aliphatic rings. The Morgan fingerprint density at radius 3 is 2.71 bits per heavy atom. The van der Waals surface area contributed by atoms with E-state index in [2.05, 4.69) is 37.1 Å². The molecule has 3 heteroatoms. The van der Waals surface area contributed by atoms with Gasteiger partial charge >= 0.3 is 0 Å². The summed E-state index contributed by atoms with van der Waals surface area (Å²) in [5.41, 5.74) is 0.233. The summed E-state index contributed by atoms with van der Waals surface area (Å²) in [6.45, 7) is 10.4. The molecule has 0 spiro atoms. The Morgan fingerprint density at radius 1 is 1.19 bits per heavy atom. The fourth-order valence-corrected chi connectivity index (χ4v) is 4.03. The Kier molecular flexibility index (Phi) is 5.68. The van der Waals surface area contributed by atoms with Crippen LogP contribution in [0.25, 0.3) is 0 Å². The van der Waals surface area contributed by atoms with Crippen LogP contribution in [0, 0.1) is 16.7 Å². The van der Waals surface area contributed by atoms with Gasteiger partial charge in [-0.2, -0.15) is 5.26 Å². The molecule has 2 rings (SSSR count). The van der Waals surface area contributed by atoms with Crippen LogP contribution in [0.2, 0.25) is 0 Å². The van der Waals surface area contributed by atoms with E-state index in [9.17, 15) is 5.26 Å². The van der Waals surface area contributed by atoms with Crippen LogP contribution in [0.4, 0.5) is 0 Å². The van der Waals surface area contributed by atoms with Gasteiger partial charge in [0.2, 0.25) is 0 Å². The molecule has 0 radical (unpaired) electrons. The second-order valence-electron chi connectivity index (χ2n) is 7.92. The highest BCUT2D eigenvalue weighted by Crippen LogP contribution is 2.35. The lowest BCUT2D eigenvalue weighted by molar-refractivity contribution is 0.120. The van der Waals surface area contributed by atoms with Crippen LogP contribution in [-0.4, -0.2) is 36.1 Å². The van der Waals surface area contributed by atoms with Crippen LogP contribution in [-0.2, 0) is 0 Å². The molecular formula is C18H33N3. The molecule has 3 nitrogen and oxygen atoms in total. The molecule has 0 bridgehead atoms. The van der Waals surface area contributed by atoms with E-state index in [1.807, 2.05) is 0 Å². The SMILES string of the molecule is CCCNC1(C#N)CCCC(N2CCCC(C)(C)CC2)C1.